The number of fused-ring (bicyclic) bond motifs is 1. The lowest BCUT2D eigenvalue weighted by molar-refractivity contribution is -0.402. The van der Waals surface area contributed by atoms with Crippen molar-refractivity contribution in [3.8, 4) is 40.2 Å². The Morgan fingerprint density at radius 2 is 1.59 bits per heavy atom. The fourth-order valence-corrected chi connectivity index (χ4v) is 4.73. The molecule has 1 aromatic heterocycles. The third-order valence-corrected chi connectivity index (χ3v) is 7.25. The number of benzene rings is 2. The van der Waals surface area contributed by atoms with Crippen LogP contribution in [0.1, 0.15) is 12.8 Å². The predicted octanol–water partition coefficient (Wildman–Crippen LogP) is -0.578. The first kappa shape index (κ1) is 30.1. The van der Waals surface area contributed by atoms with Gasteiger partial charge in [0.15, 0.2) is 34.6 Å². The number of piperidine rings is 1. The van der Waals surface area contributed by atoms with Gasteiger partial charge in [-0.05, 0) is 28.8 Å². The summed E-state index contributed by atoms with van der Waals surface area (Å²) in [4.78, 5) is 18.8. The van der Waals surface area contributed by atoms with E-state index in [-0.39, 0.29) is 25.9 Å². The fraction of sp³-hybridized carbons (Fsp3) is 0.364. The number of aromatic amines is 1. The molecule has 2 aromatic carbocycles. The molecule has 41 heavy (non-hydrogen) atoms. The van der Waals surface area contributed by atoms with Gasteiger partial charge in [0.1, 0.15) is 21.5 Å². The molecular weight excluding hydrogens is 627 g/mol. The van der Waals surface area contributed by atoms with Gasteiger partial charge in [0.25, 0.3) is 0 Å². The SMILES string of the molecule is COc1c(OC(O)(O)C2CCN(C(O)(O)O)CC2)c(O)c2[nH]c(=O)nc(Nc3c(O)c(O)c(Br)c(O)c3F)c2c1O. The number of methoxy groups -OCH3 is 1. The normalized spacial score (nSPS) is 15.3. The van der Waals surface area contributed by atoms with Crippen molar-refractivity contribution in [3.05, 3.63) is 20.8 Å². The Hall–Kier alpha value is -3.85. The number of aromatic hydroxyl groups is 5. The summed E-state index contributed by atoms with van der Waals surface area (Å²) in [7, 11) is 0.994. The standard InChI is InChI=1S/C22H24BrFN4O13/c1-40-17-12(29)7-10(16(33)18(17)41-21(35,36)6-2-4-28(5-3-6)22(37,38)39)26-20(34)27-19(7)25-11-9(24)13(30)8(23)14(31)15(11)32/h6,29-33,35-39H,2-5H2,1H3,(H2,25,26,27,34). The van der Waals surface area contributed by atoms with Gasteiger partial charge in [-0.2, -0.15) is 4.98 Å². The van der Waals surface area contributed by atoms with Gasteiger partial charge in [0, 0.05) is 13.1 Å². The van der Waals surface area contributed by atoms with Crippen LogP contribution in [0, 0.1) is 11.7 Å². The van der Waals surface area contributed by atoms with Crippen molar-refractivity contribution in [1.29, 1.82) is 0 Å². The Morgan fingerprint density at radius 1 is 0.976 bits per heavy atom. The third-order valence-electron chi connectivity index (χ3n) is 6.50. The zero-order valence-electron chi connectivity index (χ0n) is 20.8. The first-order valence-electron chi connectivity index (χ1n) is 11.5. The Labute approximate surface area is 235 Å². The number of rotatable bonds is 7. The molecule has 2 heterocycles. The van der Waals surface area contributed by atoms with Crippen LogP contribution in [0.3, 0.4) is 0 Å². The van der Waals surface area contributed by atoms with Crippen molar-refractivity contribution >= 4 is 38.3 Å². The van der Waals surface area contributed by atoms with Gasteiger partial charge in [0.05, 0.1) is 18.4 Å². The molecule has 0 bridgehead atoms. The zero-order valence-corrected chi connectivity index (χ0v) is 22.3. The van der Waals surface area contributed by atoms with Crippen LogP contribution >= 0.6 is 15.9 Å². The molecule has 0 aliphatic carbocycles. The lowest BCUT2D eigenvalue weighted by Gasteiger charge is -2.40. The average molecular weight is 651 g/mol. The quantitative estimate of drug-likeness (QED) is 0.0865. The summed E-state index contributed by atoms with van der Waals surface area (Å²) in [5.74, 6) is -13.2. The molecule has 12 N–H and O–H groups in total. The van der Waals surface area contributed by atoms with Crippen LogP contribution < -0.4 is 20.5 Å². The first-order chi connectivity index (χ1) is 19.0. The Bertz CT molecular complexity index is 1540. The van der Waals surface area contributed by atoms with E-state index in [2.05, 4.69) is 31.2 Å². The summed E-state index contributed by atoms with van der Waals surface area (Å²) >= 11 is 2.69. The van der Waals surface area contributed by atoms with Gasteiger partial charge >= 0.3 is 17.8 Å². The molecule has 0 atom stereocenters. The van der Waals surface area contributed by atoms with E-state index < -0.39 is 96.6 Å². The number of hydrogen-bond acceptors (Lipinski definition) is 16. The number of ether oxygens (including phenoxy) is 2. The number of nitrogens with one attached hydrogen (secondary N) is 2. The first-order valence-corrected chi connectivity index (χ1v) is 12.3. The number of aromatic nitrogens is 2. The summed E-state index contributed by atoms with van der Waals surface area (Å²) in [6.07, 6.45) is -3.45. The van der Waals surface area contributed by atoms with E-state index in [4.69, 9.17) is 9.47 Å². The molecule has 1 saturated heterocycles. The van der Waals surface area contributed by atoms with Crippen molar-refractivity contribution < 1.29 is 64.9 Å². The molecule has 4 rings (SSSR count). The number of halogens is 2. The highest BCUT2D eigenvalue weighted by Gasteiger charge is 2.44. The Morgan fingerprint density at radius 3 is 2.15 bits per heavy atom. The minimum Gasteiger partial charge on any atom is -0.504 e. The number of anilines is 2. The number of nitrogens with zero attached hydrogens (tertiary/aromatic N) is 2. The summed E-state index contributed by atoms with van der Waals surface area (Å²) in [5, 5.41) is 103. The van der Waals surface area contributed by atoms with Gasteiger partial charge in [-0.25, -0.2) is 14.1 Å². The van der Waals surface area contributed by atoms with E-state index in [0.717, 1.165) is 12.0 Å². The summed E-state index contributed by atoms with van der Waals surface area (Å²) in [6.45, 7) is -0.434. The summed E-state index contributed by atoms with van der Waals surface area (Å²) < 4.78 is 24.5. The van der Waals surface area contributed by atoms with Crippen LogP contribution in [0.2, 0.25) is 0 Å². The molecule has 1 aliphatic heterocycles. The number of phenolic OH excluding ortho intramolecular Hbond substituents is 5. The Balaban J connectivity index is 1.80. The second-order valence-corrected chi connectivity index (χ2v) is 9.79. The molecule has 0 radical (unpaired) electrons. The van der Waals surface area contributed by atoms with Gasteiger partial charge in [-0.15, -0.1) is 0 Å². The van der Waals surface area contributed by atoms with E-state index in [1.54, 1.807) is 0 Å². The largest absolute Gasteiger partial charge is 0.504 e. The van der Waals surface area contributed by atoms with Crippen LogP contribution in [0.15, 0.2) is 9.27 Å². The van der Waals surface area contributed by atoms with Crippen molar-refractivity contribution in [2.75, 3.05) is 25.5 Å². The van der Waals surface area contributed by atoms with Crippen molar-refractivity contribution in [3.63, 3.8) is 0 Å². The number of H-pyrrole nitrogens is 1. The number of phenols is 5. The summed E-state index contributed by atoms with van der Waals surface area (Å²) in [6, 6.07) is 0. The number of likely N-dealkylation sites (tertiary alicyclic amines) is 1. The summed E-state index contributed by atoms with van der Waals surface area (Å²) in [5.41, 5.74) is -2.82. The molecule has 0 amide bonds. The maximum atomic E-state index is 14.7. The van der Waals surface area contributed by atoms with Crippen molar-refractivity contribution in [1.82, 2.24) is 14.9 Å². The fourth-order valence-electron chi connectivity index (χ4n) is 4.37. The van der Waals surface area contributed by atoms with E-state index in [1.807, 2.05) is 0 Å². The highest BCUT2D eigenvalue weighted by Crippen LogP contribution is 2.53. The molecule has 0 saturated carbocycles. The van der Waals surface area contributed by atoms with Gasteiger partial charge in [0.2, 0.25) is 11.5 Å². The van der Waals surface area contributed by atoms with Gasteiger partial charge in [-0.1, -0.05) is 0 Å². The minimum atomic E-state index is -3.13. The highest BCUT2D eigenvalue weighted by molar-refractivity contribution is 9.10. The van der Waals surface area contributed by atoms with Crippen molar-refractivity contribution in [2.24, 2.45) is 5.92 Å². The van der Waals surface area contributed by atoms with Gasteiger partial charge < -0.3 is 70.8 Å². The molecule has 3 aromatic rings. The van der Waals surface area contributed by atoms with Crippen molar-refractivity contribution in [2.45, 2.75) is 24.9 Å². The lowest BCUT2D eigenvalue weighted by atomic mass is 9.94. The molecular formula is C22H24BrFN4O13. The molecule has 1 fully saturated rings. The monoisotopic (exact) mass is 650 g/mol. The second kappa shape index (κ2) is 10.5. The predicted molar refractivity (Wildman–Crippen MR) is 136 cm³/mol. The maximum Gasteiger partial charge on any atom is 0.347 e. The highest BCUT2D eigenvalue weighted by atomic mass is 79.9. The number of hydrogen-bond donors (Lipinski definition) is 12. The van der Waals surface area contributed by atoms with Crippen LogP contribution in [-0.4, -0.2) is 98.2 Å². The van der Waals surface area contributed by atoms with Crippen LogP contribution in [0.4, 0.5) is 15.9 Å². The lowest BCUT2D eigenvalue weighted by Crippen LogP contribution is -2.55. The topological polar surface area (TPSA) is 282 Å². The van der Waals surface area contributed by atoms with E-state index in [1.165, 1.54) is 0 Å². The average Bonchev–Trinajstić information content (AvgIpc) is 2.91. The molecule has 224 valence electrons. The van der Waals surface area contributed by atoms with E-state index >= 15 is 0 Å². The van der Waals surface area contributed by atoms with E-state index in [0.29, 0.717) is 0 Å². The minimum absolute atomic E-state index is 0.157. The second-order valence-electron chi connectivity index (χ2n) is 9.00. The smallest absolute Gasteiger partial charge is 0.347 e. The van der Waals surface area contributed by atoms with Crippen LogP contribution in [0.5, 0.6) is 40.2 Å². The van der Waals surface area contributed by atoms with Crippen LogP contribution in [0.25, 0.3) is 10.9 Å². The zero-order chi connectivity index (χ0) is 30.6. The van der Waals surface area contributed by atoms with Crippen LogP contribution in [-0.2, 0) is 0 Å². The van der Waals surface area contributed by atoms with Gasteiger partial charge in [-0.3, -0.25) is 0 Å². The number of aliphatic hydroxyl groups is 5. The third kappa shape index (κ3) is 5.30. The molecule has 19 heteroatoms. The molecule has 17 nitrogen and oxygen atoms in total. The maximum absolute atomic E-state index is 14.7. The van der Waals surface area contributed by atoms with E-state index in [9.17, 15) is 60.3 Å². The molecule has 0 unspecified atom stereocenters. The Kier molecular flexibility index (Phi) is 7.73. The molecule has 0 spiro atoms. The molecule has 1 aliphatic rings.